The zero-order valence-electron chi connectivity index (χ0n) is 41.7. The summed E-state index contributed by atoms with van der Waals surface area (Å²) in [5.41, 5.74) is 6.15. The quantitative estimate of drug-likeness (QED) is 0.0223. The highest BCUT2D eigenvalue weighted by molar-refractivity contribution is 7.99. The highest BCUT2D eigenvalue weighted by Gasteiger charge is 2.27. The van der Waals surface area contributed by atoms with Crippen molar-refractivity contribution in [3.8, 4) is 0 Å². The molecule has 4 atom stereocenters. The molecule has 0 spiro atoms. The lowest BCUT2D eigenvalue weighted by Gasteiger charge is -2.21. The van der Waals surface area contributed by atoms with Crippen molar-refractivity contribution in [2.45, 2.75) is 244 Å². The third-order valence-electron chi connectivity index (χ3n) is 11.6. The molecule has 8 N–H and O–H groups in total. The minimum absolute atomic E-state index is 0.00571. The van der Waals surface area contributed by atoms with Gasteiger partial charge in [-0.1, -0.05) is 168 Å². The number of nitrogens with one attached hydrogen (secondary N) is 3. The number of rotatable bonds is 48. The Morgan fingerprint density at radius 2 is 0.912 bits per heavy atom. The van der Waals surface area contributed by atoms with Crippen LogP contribution in [0.1, 0.15) is 219 Å². The van der Waals surface area contributed by atoms with Gasteiger partial charge in [0.1, 0.15) is 24.8 Å². The van der Waals surface area contributed by atoms with Gasteiger partial charge in [0.2, 0.25) is 17.7 Å². The van der Waals surface area contributed by atoms with Crippen molar-refractivity contribution in [1.82, 2.24) is 16.0 Å². The largest absolute Gasteiger partial charge is 0.481 e. The number of carboxylic acids is 3. The summed E-state index contributed by atoms with van der Waals surface area (Å²) in [5, 5.41) is 34.1. The molecule has 0 bridgehead atoms. The van der Waals surface area contributed by atoms with Crippen LogP contribution in [0.5, 0.6) is 0 Å². The van der Waals surface area contributed by atoms with Crippen LogP contribution in [0.15, 0.2) is 0 Å². The minimum Gasteiger partial charge on any atom is -0.481 e. The van der Waals surface area contributed by atoms with Crippen LogP contribution in [0, 0.1) is 0 Å². The second-order valence-electron chi connectivity index (χ2n) is 18.0. The molecule has 0 rings (SSSR count). The van der Waals surface area contributed by atoms with Crippen molar-refractivity contribution < 1.29 is 63.1 Å². The molecule has 68 heavy (non-hydrogen) atoms. The van der Waals surface area contributed by atoms with E-state index >= 15 is 0 Å². The van der Waals surface area contributed by atoms with Crippen molar-refractivity contribution in [3.05, 3.63) is 0 Å². The van der Waals surface area contributed by atoms with Gasteiger partial charge in [0.15, 0.2) is 0 Å². The standard InChI is InChI=1S/C50H90N4O13S/c1-3-5-7-9-11-13-15-17-19-21-23-25-27-29-46(60)66-36-39(67-47(61)30-28-26-24-22-20-18-16-14-12-10-8-6-4-2)37-68-38-40(51)48(62)54-41(31-33-44(56)57)49(63)52-35-43(55)53-42(50(64)65)32-34-45(58)59/h39-42H,3-38,51H2,1-2H3,(H,52,63)(H,53,55)(H,54,62)(H,56,57)(H,58,59)(H,64,65)/t39-,40+,41+,42+/m1/s1. The summed E-state index contributed by atoms with van der Waals surface area (Å²) in [6.07, 6.45) is 28.6. The fourth-order valence-electron chi connectivity index (χ4n) is 7.47. The summed E-state index contributed by atoms with van der Waals surface area (Å²) >= 11 is 1.17. The first-order valence-corrected chi connectivity index (χ1v) is 27.1. The third-order valence-corrected chi connectivity index (χ3v) is 12.8. The molecular formula is C50H90N4O13S. The molecule has 0 saturated heterocycles. The van der Waals surface area contributed by atoms with Crippen molar-refractivity contribution in [2.75, 3.05) is 24.7 Å². The van der Waals surface area contributed by atoms with E-state index in [2.05, 4.69) is 29.8 Å². The fourth-order valence-corrected chi connectivity index (χ4v) is 8.44. The molecule has 0 aliphatic carbocycles. The van der Waals surface area contributed by atoms with Crippen LogP contribution in [0.3, 0.4) is 0 Å². The molecule has 0 unspecified atom stereocenters. The van der Waals surface area contributed by atoms with Gasteiger partial charge in [0.25, 0.3) is 0 Å². The number of amides is 3. The fraction of sp³-hybridized carbons (Fsp3) is 0.840. The number of ether oxygens (including phenoxy) is 2. The molecule has 0 aliphatic rings. The molecule has 3 amide bonds. The van der Waals surface area contributed by atoms with E-state index < -0.39 is 91.6 Å². The zero-order chi connectivity index (χ0) is 50.6. The van der Waals surface area contributed by atoms with Crippen molar-refractivity contribution in [3.63, 3.8) is 0 Å². The summed E-state index contributed by atoms with van der Waals surface area (Å²) in [7, 11) is 0. The number of hydrogen-bond acceptors (Lipinski definition) is 12. The number of esters is 2. The Balaban J connectivity index is 5.10. The lowest BCUT2D eigenvalue weighted by atomic mass is 10.0. The predicted molar refractivity (Wildman–Crippen MR) is 265 cm³/mol. The Kier molecular flexibility index (Phi) is 41.7. The number of nitrogens with two attached hydrogens (primary N) is 1. The Morgan fingerprint density at radius 1 is 0.500 bits per heavy atom. The molecule has 0 aromatic rings. The Morgan fingerprint density at radius 3 is 1.34 bits per heavy atom. The van der Waals surface area contributed by atoms with Crippen LogP contribution in [-0.4, -0.2) is 112 Å². The number of carbonyl (C=O) groups excluding carboxylic acids is 5. The molecular weight excluding hydrogens is 897 g/mol. The van der Waals surface area contributed by atoms with Gasteiger partial charge in [0.05, 0.1) is 12.6 Å². The highest BCUT2D eigenvalue weighted by Crippen LogP contribution is 2.16. The lowest BCUT2D eigenvalue weighted by Crippen LogP contribution is -2.54. The summed E-state index contributed by atoms with van der Waals surface area (Å²) < 4.78 is 11.3. The van der Waals surface area contributed by atoms with Gasteiger partial charge in [-0.3, -0.25) is 33.6 Å². The molecule has 0 saturated carbocycles. The number of hydrogen-bond donors (Lipinski definition) is 7. The van der Waals surface area contributed by atoms with E-state index in [0.29, 0.717) is 12.8 Å². The molecule has 394 valence electrons. The second kappa shape index (κ2) is 44.3. The molecule has 0 aliphatic heterocycles. The predicted octanol–water partition coefficient (Wildman–Crippen LogP) is 8.36. The van der Waals surface area contributed by atoms with Crippen molar-refractivity contribution in [2.24, 2.45) is 5.73 Å². The second-order valence-corrected chi connectivity index (χ2v) is 19.1. The summed E-state index contributed by atoms with van der Waals surface area (Å²) in [6.45, 7) is 3.56. The van der Waals surface area contributed by atoms with Crippen LogP contribution >= 0.6 is 11.8 Å². The van der Waals surface area contributed by atoms with E-state index in [9.17, 15) is 48.6 Å². The minimum atomic E-state index is -1.53. The maximum atomic E-state index is 13.1. The lowest BCUT2D eigenvalue weighted by molar-refractivity contribution is -0.157. The van der Waals surface area contributed by atoms with Crippen LogP contribution < -0.4 is 21.7 Å². The number of carbonyl (C=O) groups is 8. The first-order chi connectivity index (χ1) is 32.7. The summed E-state index contributed by atoms with van der Waals surface area (Å²) in [4.78, 5) is 97.6. The highest BCUT2D eigenvalue weighted by atomic mass is 32.2. The molecule has 0 aromatic carbocycles. The monoisotopic (exact) mass is 987 g/mol. The maximum absolute atomic E-state index is 13.1. The van der Waals surface area contributed by atoms with Crippen molar-refractivity contribution >= 4 is 59.3 Å². The van der Waals surface area contributed by atoms with Gasteiger partial charge in [-0.2, -0.15) is 11.8 Å². The third kappa shape index (κ3) is 40.0. The van der Waals surface area contributed by atoms with E-state index in [1.165, 1.54) is 127 Å². The number of unbranched alkanes of at least 4 members (excludes halogenated alkanes) is 24. The number of thioether (sulfide) groups is 1. The Bertz CT molecular complexity index is 1400. The van der Waals surface area contributed by atoms with Crippen LogP contribution in [0.25, 0.3) is 0 Å². The van der Waals surface area contributed by atoms with Gasteiger partial charge in [-0.15, -0.1) is 0 Å². The first-order valence-electron chi connectivity index (χ1n) is 25.9. The van der Waals surface area contributed by atoms with E-state index in [0.717, 1.165) is 38.5 Å². The van der Waals surface area contributed by atoms with E-state index in [1.807, 2.05) is 0 Å². The molecule has 0 radical (unpaired) electrons. The summed E-state index contributed by atoms with van der Waals surface area (Å²) in [5.74, 6) is -7.30. The molecule has 0 aromatic heterocycles. The maximum Gasteiger partial charge on any atom is 0.326 e. The van der Waals surface area contributed by atoms with Gasteiger partial charge in [-0.25, -0.2) is 4.79 Å². The Hall–Kier alpha value is -3.93. The SMILES string of the molecule is CCCCCCCCCCCCCCCC(=O)OC[C@H](CSC[C@H](N)C(=O)N[C@@H](CCC(=O)O)C(=O)NCC(=O)N[C@@H](CCC(=O)O)C(=O)O)OC(=O)CCCCCCCCCCCCCCC. The molecule has 0 fully saturated rings. The Labute approximate surface area is 411 Å². The van der Waals surface area contributed by atoms with Gasteiger partial charge >= 0.3 is 29.8 Å². The van der Waals surface area contributed by atoms with E-state index in [-0.39, 0.29) is 43.3 Å². The van der Waals surface area contributed by atoms with E-state index in [4.69, 9.17) is 20.3 Å². The van der Waals surface area contributed by atoms with Gasteiger partial charge < -0.3 is 46.5 Å². The number of carboxylic acid groups (broad SMARTS) is 3. The van der Waals surface area contributed by atoms with Crippen LogP contribution in [0.2, 0.25) is 0 Å². The average Bonchev–Trinajstić information content (AvgIpc) is 3.30. The summed E-state index contributed by atoms with van der Waals surface area (Å²) in [6, 6.07) is -4.14. The zero-order valence-corrected chi connectivity index (χ0v) is 42.5. The number of aliphatic carboxylic acids is 3. The van der Waals surface area contributed by atoms with E-state index in [1.54, 1.807) is 0 Å². The van der Waals surface area contributed by atoms with Crippen molar-refractivity contribution in [1.29, 1.82) is 0 Å². The first kappa shape index (κ1) is 64.1. The average molecular weight is 987 g/mol. The smallest absolute Gasteiger partial charge is 0.326 e. The molecule has 17 nitrogen and oxygen atoms in total. The van der Waals surface area contributed by atoms with Crippen LogP contribution in [0.4, 0.5) is 0 Å². The topological polar surface area (TPSA) is 278 Å². The normalized spacial score (nSPS) is 12.9. The van der Waals surface area contributed by atoms with Gasteiger partial charge in [0, 0.05) is 37.2 Å². The van der Waals surface area contributed by atoms with Crippen LogP contribution in [-0.2, 0) is 47.8 Å². The molecule has 18 heteroatoms. The van der Waals surface area contributed by atoms with Gasteiger partial charge in [-0.05, 0) is 25.7 Å². The molecule has 0 heterocycles.